The minimum atomic E-state index is -4.54. The van der Waals surface area contributed by atoms with E-state index in [0.29, 0.717) is 30.9 Å². The third-order valence-corrected chi connectivity index (χ3v) is 7.02. The molecule has 11 heteroatoms. The molecule has 0 saturated heterocycles. The molecule has 4 aromatic rings. The van der Waals surface area contributed by atoms with Gasteiger partial charge < -0.3 is 14.2 Å². The van der Waals surface area contributed by atoms with Gasteiger partial charge in [-0.05, 0) is 49.6 Å². The van der Waals surface area contributed by atoms with Gasteiger partial charge in [0.05, 0.1) is 30.0 Å². The van der Waals surface area contributed by atoms with Gasteiger partial charge in [0, 0.05) is 48.2 Å². The van der Waals surface area contributed by atoms with Crippen molar-refractivity contribution in [2.75, 3.05) is 13.2 Å². The van der Waals surface area contributed by atoms with Crippen molar-refractivity contribution in [3.8, 4) is 16.9 Å². The van der Waals surface area contributed by atoms with Crippen LogP contribution in [0.3, 0.4) is 0 Å². The maximum atomic E-state index is 12.9. The topological polar surface area (TPSA) is 82.2 Å². The summed E-state index contributed by atoms with van der Waals surface area (Å²) in [6.07, 6.45) is 1.18. The van der Waals surface area contributed by atoms with Gasteiger partial charge in [0.1, 0.15) is 5.69 Å². The van der Waals surface area contributed by atoms with Crippen LogP contribution in [0.1, 0.15) is 43.1 Å². The first kappa shape index (κ1) is 26.5. The highest BCUT2D eigenvalue weighted by atomic mass is 19.4. The maximum absolute atomic E-state index is 12.9. The fourth-order valence-corrected chi connectivity index (χ4v) is 4.93. The number of rotatable bonds is 5. The van der Waals surface area contributed by atoms with Crippen molar-refractivity contribution >= 4 is 17.0 Å². The summed E-state index contributed by atoms with van der Waals surface area (Å²) in [5.41, 5.74) is 2.70. The summed E-state index contributed by atoms with van der Waals surface area (Å²) in [6, 6.07) is 9.33. The molecule has 1 aromatic carbocycles. The number of aryl methyl sites for hydroxylation is 1. The van der Waals surface area contributed by atoms with Gasteiger partial charge >= 0.3 is 18.0 Å². The molecule has 1 aliphatic rings. The highest BCUT2D eigenvalue weighted by Gasteiger charge is 2.32. The van der Waals surface area contributed by atoms with Gasteiger partial charge in [-0.1, -0.05) is 19.4 Å². The number of unbranched alkanes of at least 4 members (excludes halogenated alkanes) is 1. The van der Waals surface area contributed by atoms with Crippen molar-refractivity contribution in [3.05, 3.63) is 76.2 Å². The third-order valence-electron chi connectivity index (χ3n) is 7.02. The second kappa shape index (κ2) is 10.5. The van der Waals surface area contributed by atoms with Crippen LogP contribution in [-0.2, 0) is 30.9 Å². The number of hydrogen-bond acceptors (Lipinski definition) is 5. The first-order valence-electron chi connectivity index (χ1n) is 12.8. The summed E-state index contributed by atoms with van der Waals surface area (Å²) < 4.78 is 47.4. The number of carbonyl (C=O) groups excluding carboxylic acids is 1. The summed E-state index contributed by atoms with van der Waals surface area (Å²) in [5.74, 6) is 0. The first-order chi connectivity index (χ1) is 18.7. The monoisotopic (exact) mass is 539 g/mol. The number of ether oxygens (including phenoxy) is 1. The molecule has 5 rings (SSSR count). The minimum absolute atomic E-state index is 0.232. The summed E-state index contributed by atoms with van der Waals surface area (Å²) in [6.45, 7) is 3.54. The van der Waals surface area contributed by atoms with E-state index in [0.717, 1.165) is 60.1 Å². The van der Waals surface area contributed by atoms with Crippen molar-refractivity contribution in [2.24, 2.45) is 7.05 Å². The Labute approximate surface area is 222 Å². The fourth-order valence-electron chi connectivity index (χ4n) is 4.93. The molecule has 0 spiro atoms. The fraction of sp³-hybridized carbons (Fsp3) is 0.357. The van der Waals surface area contributed by atoms with Crippen molar-refractivity contribution < 1.29 is 22.7 Å². The predicted molar refractivity (Wildman–Crippen MR) is 140 cm³/mol. The number of alkyl halides is 3. The number of hydrogen-bond donors (Lipinski definition) is 0. The molecule has 1 amide bonds. The standard InChI is InChI=1S/C28H28F3N5O3/c1-3-4-14-39-27(38)35-12-5-6-23-21(17-35)20-9-8-19(15-24(20)34(23)2)36-13-11-22(33-26(36)37)18-7-10-25(32-16-18)28(29,30)31/h7-11,13,15-16H,3-6,12,14,17H2,1-2H3. The Kier molecular flexibility index (Phi) is 7.16. The van der Waals surface area contributed by atoms with Crippen molar-refractivity contribution in [1.29, 1.82) is 0 Å². The van der Waals surface area contributed by atoms with Crippen molar-refractivity contribution in [2.45, 2.75) is 45.3 Å². The van der Waals surface area contributed by atoms with Gasteiger partial charge in [-0.25, -0.2) is 9.59 Å². The largest absolute Gasteiger partial charge is 0.449 e. The lowest BCUT2D eigenvalue weighted by Gasteiger charge is -2.20. The number of nitrogens with zero attached hydrogens (tertiary/aromatic N) is 5. The number of amides is 1. The van der Waals surface area contributed by atoms with E-state index in [1.54, 1.807) is 17.2 Å². The molecule has 3 aromatic heterocycles. The van der Waals surface area contributed by atoms with Crippen molar-refractivity contribution in [3.63, 3.8) is 0 Å². The van der Waals surface area contributed by atoms with E-state index < -0.39 is 17.6 Å². The van der Waals surface area contributed by atoms with Crippen LogP contribution in [0.5, 0.6) is 0 Å². The molecule has 39 heavy (non-hydrogen) atoms. The molecule has 0 bridgehead atoms. The van der Waals surface area contributed by atoms with Crippen LogP contribution in [0.2, 0.25) is 0 Å². The van der Waals surface area contributed by atoms with Gasteiger partial charge in [0.2, 0.25) is 0 Å². The van der Waals surface area contributed by atoms with Gasteiger partial charge in [-0.3, -0.25) is 9.55 Å². The minimum Gasteiger partial charge on any atom is -0.449 e. The second-order valence-electron chi connectivity index (χ2n) is 9.57. The molecule has 1 aliphatic heterocycles. The Hall–Kier alpha value is -4.15. The smallest absolute Gasteiger partial charge is 0.433 e. The van der Waals surface area contributed by atoms with Crippen LogP contribution >= 0.6 is 0 Å². The Morgan fingerprint density at radius 3 is 2.67 bits per heavy atom. The first-order valence-corrected chi connectivity index (χ1v) is 12.8. The normalized spacial score (nSPS) is 13.8. The molecule has 0 radical (unpaired) electrons. The average molecular weight is 540 g/mol. The molecule has 0 fully saturated rings. The van der Waals surface area contributed by atoms with Gasteiger partial charge in [-0.2, -0.15) is 18.2 Å². The van der Waals surface area contributed by atoms with E-state index in [1.165, 1.54) is 10.6 Å². The van der Waals surface area contributed by atoms with Crippen LogP contribution in [0.15, 0.2) is 53.6 Å². The third kappa shape index (κ3) is 5.25. The summed E-state index contributed by atoms with van der Waals surface area (Å²) in [4.78, 5) is 34.8. The number of carbonyl (C=O) groups is 1. The van der Waals surface area contributed by atoms with E-state index in [-0.39, 0.29) is 11.8 Å². The lowest BCUT2D eigenvalue weighted by Crippen LogP contribution is -2.31. The number of benzene rings is 1. The van der Waals surface area contributed by atoms with E-state index in [2.05, 4.69) is 14.5 Å². The van der Waals surface area contributed by atoms with Crippen LogP contribution < -0.4 is 5.69 Å². The Bertz CT molecular complexity index is 1570. The maximum Gasteiger partial charge on any atom is 0.433 e. The number of pyridine rings is 1. The van der Waals surface area contributed by atoms with Crippen LogP contribution in [0, 0.1) is 0 Å². The predicted octanol–water partition coefficient (Wildman–Crippen LogP) is 5.49. The number of fused-ring (bicyclic) bond motifs is 3. The quantitative estimate of drug-likeness (QED) is 0.313. The molecule has 0 atom stereocenters. The van der Waals surface area contributed by atoms with Crippen molar-refractivity contribution in [1.82, 2.24) is 24.0 Å². The molecular weight excluding hydrogens is 511 g/mol. The molecule has 4 heterocycles. The second-order valence-corrected chi connectivity index (χ2v) is 9.57. The van der Waals surface area contributed by atoms with Crippen LogP contribution in [0.4, 0.5) is 18.0 Å². The lowest BCUT2D eigenvalue weighted by atomic mass is 10.1. The van der Waals surface area contributed by atoms with Crippen LogP contribution in [0.25, 0.3) is 27.8 Å². The molecule has 204 valence electrons. The van der Waals surface area contributed by atoms with Gasteiger partial charge in [0.15, 0.2) is 0 Å². The zero-order valence-corrected chi connectivity index (χ0v) is 21.7. The molecule has 0 aliphatic carbocycles. The van der Waals surface area contributed by atoms with E-state index in [9.17, 15) is 22.8 Å². The highest BCUT2D eigenvalue weighted by Crippen LogP contribution is 2.32. The van der Waals surface area contributed by atoms with E-state index in [4.69, 9.17) is 4.74 Å². The molecule has 0 saturated carbocycles. The highest BCUT2D eigenvalue weighted by molar-refractivity contribution is 5.88. The van der Waals surface area contributed by atoms with Gasteiger partial charge in [-0.15, -0.1) is 0 Å². The van der Waals surface area contributed by atoms with Gasteiger partial charge in [0.25, 0.3) is 0 Å². The molecule has 0 N–H and O–H groups in total. The molecular formula is C28H28F3N5O3. The van der Waals surface area contributed by atoms with Crippen LogP contribution in [-0.4, -0.2) is 43.2 Å². The van der Waals surface area contributed by atoms with E-state index in [1.807, 2.05) is 32.2 Å². The zero-order valence-electron chi connectivity index (χ0n) is 21.7. The molecule has 8 nitrogen and oxygen atoms in total. The summed E-state index contributed by atoms with van der Waals surface area (Å²) in [5, 5.41) is 0.998. The summed E-state index contributed by atoms with van der Waals surface area (Å²) >= 11 is 0. The summed E-state index contributed by atoms with van der Waals surface area (Å²) in [7, 11) is 1.97. The van der Waals surface area contributed by atoms with E-state index >= 15 is 0 Å². The Morgan fingerprint density at radius 2 is 1.97 bits per heavy atom. The zero-order chi connectivity index (χ0) is 27.7. The SMILES string of the molecule is CCCCOC(=O)N1CCCc2c(c3ccc(-n4ccc(-c5ccc(C(F)(F)F)nc5)nc4=O)cc3n2C)C1. The number of halogens is 3. The lowest BCUT2D eigenvalue weighted by molar-refractivity contribution is -0.141. The Balaban J connectivity index is 1.43. The number of aromatic nitrogens is 4. The molecule has 0 unspecified atom stereocenters. The Morgan fingerprint density at radius 1 is 1.15 bits per heavy atom. The average Bonchev–Trinajstić information content (AvgIpc) is 3.05.